The minimum atomic E-state index is -4.42. The molecule has 0 atom stereocenters. The molecule has 2 aromatic carbocycles. The Hall–Kier alpha value is -3.07. The van der Waals surface area contributed by atoms with Crippen molar-refractivity contribution in [2.24, 2.45) is 0 Å². The number of aromatic nitrogens is 1. The molecule has 0 N–H and O–H groups in total. The van der Waals surface area contributed by atoms with E-state index < -0.39 is 11.7 Å². The summed E-state index contributed by atoms with van der Waals surface area (Å²) in [6, 6.07) is 12.2. The number of nitrogens with zero attached hydrogens (tertiary/aromatic N) is 2. The van der Waals surface area contributed by atoms with Crippen molar-refractivity contribution in [3.63, 3.8) is 0 Å². The van der Waals surface area contributed by atoms with Crippen LogP contribution in [0.25, 0.3) is 22.6 Å². The van der Waals surface area contributed by atoms with E-state index in [1.165, 1.54) is 12.1 Å². The minimum absolute atomic E-state index is 0.161. The molecule has 0 spiro atoms. The highest BCUT2D eigenvalue weighted by Gasteiger charge is 2.30. The Morgan fingerprint density at radius 3 is 2.12 bits per heavy atom. The fourth-order valence-electron chi connectivity index (χ4n) is 2.76. The molecule has 1 aromatic heterocycles. The zero-order valence-electron chi connectivity index (χ0n) is 13.5. The van der Waals surface area contributed by atoms with E-state index in [0.29, 0.717) is 11.3 Å². The predicted molar refractivity (Wildman–Crippen MR) is 86.6 cm³/mol. The monoisotopic (exact) mass is 342 g/mol. The first kappa shape index (κ1) is 16.8. The second-order valence-electron chi connectivity index (χ2n) is 5.69. The summed E-state index contributed by atoms with van der Waals surface area (Å²) >= 11 is 0. The lowest BCUT2D eigenvalue weighted by Crippen LogP contribution is -2.04. The van der Waals surface area contributed by atoms with Crippen molar-refractivity contribution in [1.82, 2.24) is 5.16 Å². The lowest BCUT2D eigenvalue weighted by atomic mass is 9.96. The Balaban J connectivity index is 2.12. The van der Waals surface area contributed by atoms with Gasteiger partial charge in [-0.25, -0.2) is 0 Å². The Morgan fingerprint density at radius 2 is 1.60 bits per heavy atom. The molecule has 0 aliphatic carbocycles. The summed E-state index contributed by atoms with van der Waals surface area (Å²) < 4.78 is 43.4. The van der Waals surface area contributed by atoms with E-state index in [1.807, 2.05) is 32.0 Å². The first-order chi connectivity index (χ1) is 11.8. The lowest BCUT2D eigenvalue weighted by molar-refractivity contribution is -0.137. The van der Waals surface area contributed by atoms with Gasteiger partial charge in [0.15, 0.2) is 5.76 Å². The van der Waals surface area contributed by atoms with E-state index in [-0.39, 0.29) is 11.3 Å². The summed E-state index contributed by atoms with van der Waals surface area (Å²) in [5.41, 5.74) is 2.87. The minimum Gasteiger partial charge on any atom is -0.354 e. The van der Waals surface area contributed by atoms with Crippen LogP contribution >= 0.6 is 0 Å². The van der Waals surface area contributed by atoms with Crippen LogP contribution in [0.3, 0.4) is 0 Å². The topological polar surface area (TPSA) is 49.8 Å². The zero-order valence-corrected chi connectivity index (χ0v) is 13.5. The van der Waals surface area contributed by atoms with Gasteiger partial charge >= 0.3 is 6.18 Å². The fourth-order valence-corrected chi connectivity index (χ4v) is 2.76. The molecule has 126 valence electrons. The molecule has 0 radical (unpaired) electrons. The summed E-state index contributed by atoms with van der Waals surface area (Å²) in [5, 5.41) is 13.6. The molecule has 3 rings (SSSR count). The summed E-state index contributed by atoms with van der Waals surface area (Å²) in [6.45, 7) is 3.80. The molecule has 6 heteroatoms. The summed E-state index contributed by atoms with van der Waals surface area (Å²) in [5.74, 6) is 0.161. The molecule has 0 bridgehead atoms. The van der Waals surface area contributed by atoms with Crippen molar-refractivity contribution in [3.05, 3.63) is 64.7 Å². The maximum Gasteiger partial charge on any atom is 0.416 e. The largest absolute Gasteiger partial charge is 0.416 e. The number of hydrogen-bond acceptors (Lipinski definition) is 3. The first-order valence-corrected chi connectivity index (χ1v) is 7.47. The van der Waals surface area contributed by atoms with E-state index in [1.54, 1.807) is 0 Å². The van der Waals surface area contributed by atoms with Crippen LogP contribution in [0.5, 0.6) is 0 Å². The number of alkyl halides is 3. The highest BCUT2D eigenvalue weighted by Crippen LogP contribution is 2.36. The Labute approximate surface area is 142 Å². The Kier molecular flexibility index (Phi) is 4.09. The van der Waals surface area contributed by atoms with Gasteiger partial charge in [-0.2, -0.15) is 18.4 Å². The van der Waals surface area contributed by atoms with Crippen molar-refractivity contribution in [2.75, 3.05) is 0 Å². The van der Waals surface area contributed by atoms with Gasteiger partial charge in [0.25, 0.3) is 0 Å². The van der Waals surface area contributed by atoms with Gasteiger partial charge in [-0.15, -0.1) is 0 Å². The van der Waals surface area contributed by atoms with E-state index in [2.05, 4.69) is 11.2 Å². The van der Waals surface area contributed by atoms with Gasteiger partial charge in [-0.1, -0.05) is 35.5 Å². The molecule has 25 heavy (non-hydrogen) atoms. The molecule has 0 aliphatic rings. The highest BCUT2D eigenvalue weighted by atomic mass is 19.4. The zero-order chi connectivity index (χ0) is 18.2. The van der Waals surface area contributed by atoms with Gasteiger partial charge < -0.3 is 4.52 Å². The Bertz CT molecular complexity index is 944. The summed E-state index contributed by atoms with van der Waals surface area (Å²) in [4.78, 5) is 0. The van der Waals surface area contributed by atoms with E-state index in [4.69, 9.17) is 4.52 Å². The number of nitriles is 1. The smallest absolute Gasteiger partial charge is 0.354 e. The maximum atomic E-state index is 12.7. The van der Waals surface area contributed by atoms with Crippen LogP contribution in [-0.2, 0) is 6.18 Å². The van der Waals surface area contributed by atoms with Crippen LogP contribution in [0.4, 0.5) is 13.2 Å². The van der Waals surface area contributed by atoms with E-state index in [9.17, 15) is 18.4 Å². The first-order valence-electron chi connectivity index (χ1n) is 7.47. The van der Waals surface area contributed by atoms with Gasteiger partial charge in [0.1, 0.15) is 17.3 Å². The average molecular weight is 342 g/mol. The van der Waals surface area contributed by atoms with Gasteiger partial charge in [0, 0.05) is 11.1 Å². The van der Waals surface area contributed by atoms with Crippen LogP contribution in [0, 0.1) is 25.2 Å². The lowest BCUT2D eigenvalue weighted by Gasteiger charge is -2.07. The van der Waals surface area contributed by atoms with Crippen LogP contribution in [0.2, 0.25) is 0 Å². The molecular formula is C19H13F3N2O. The van der Waals surface area contributed by atoms with E-state index >= 15 is 0 Å². The summed E-state index contributed by atoms with van der Waals surface area (Å²) in [6.07, 6.45) is -4.42. The van der Waals surface area contributed by atoms with Gasteiger partial charge in [0.05, 0.1) is 5.56 Å². The number of halogens is 3. The molecule has 3 nitrogen and oxygen atoms in total. The van der Waals surface area contributed by atoms with E-state index in [0.717, 1.165) is 28.8 Å². The maximum absolute atomic E-state index is 12.7. The van der Waals surface area contributed by atoms with Crippen molar-refractivity contribution < 1.29 is 17.7 Å². The number of hydrogen-bond donors (Lipinski definition) is 0. The van der Waals surface area contributed by atoms with Crippen LogP contribution in [0.15, 0.2) is 47.0 Å². The number of benzene rings is 2. The second kappa shape index (κ2) is 6.10. The van der Waals surface area contributed by atoms with Crippen molar-refractivity contribution in [2.45, 2.75) is 20.0 Å². The standard InChI is InChI=1S/C19H13F3N2O/c1-11-4-3-5-12(2)16(11)17-15(10-23)18(25-24-17)13-6-8-14(9-7-13)19(20,21)22/h3-9H,1-2H3. The molecule has 0 amide bonds. The molecular weight excluding hydrogens is 329 g/mol. The molecule has 1 heterocycles. The molecule has 0 unspecified atom stereocenters. The highest BCUT2D eigenvalue weighted by molar-refractivity contribution is 5.79. The van der Waals surface area contributed by atoms with Crippen LogP contribution in [-0.4, -0.2) is 5.16 Å². The SMILES string of the molecule is Cc1cccc(C)c1-c1noc(-c2ccc(C(F)(F)F)cc2)c1C#N. The quantitative estimate of drug-likeness (QED) is 0.616. The second-order valence-corrected chi connectivity index (χ2v) is 5.69. The van der Waals surface area contributed by atoms with Gasteiger partial charge in [-0.05, 0) is 37.1 Å². The van der Waals surface area contributed by atoms with Crippen molar-refractivity contribution >= 4 is 0 Å². The fraction of sp³-hybridized carbons (Fsp3) is 0.158. The molecule has 3 aromatic rings. The average Bonchev–Trinajstić information content (AvgIpc) is 2.97. The normalized spacial score (nSPS) is 11.4. The number of rotatable bonds is 2. The third-order valence-electron chi connectivity index (χ3n) is 4.00. The molecule has 0 saturated heterocycles. The van der Waals surface area contributed by atoms with Gasteiger partial charge in [-0.3, -0.25) is 0 Å². The number of aryl methyl sites for hydroxylation is 2. The van der Waals surface area contributed by atoms with Crippen molar-refractivity contribution in [3.8, 4) is 28.7 Å². The predicted octanol–water partition coefficient (Wildman–Crippen LogP) is 5.52. The third kappa shape index (κ3) is 3.01. The Morgan fingerprint density at radius 1 is 1.00 bits per heavy atom. The molecule has 0 aliphatic heterocycles. The summed E-state index contributed by atoms with van der Waals surface area (Å²) in [7, 11) is 0. The van der Waals surface area contributed by atoms with Crippen molar-refractivity contribution in [1.29, 1.82) is 5.26 Å². The van der Waals surface area contributed by atoms with Crippen LogP contribution < -0.4 is 0 Å². The molecule has 0 fully saturated rings. The van der Waals surface area contributed by atoms with Crippen LogP contribution in [0.1, 0.15) is 22.3 Å². The third-order valence-corrected chi connectivity index (χ3v) is 4.00. The van der Waals surface area contributed by atoms with Gasteiger partial charge in [0.2, 0.25) is 0 Å². The molecule has 0 saturated carbocycles.